The summed E-state index contributed by atoms with van der Waals surface area (Å²) in [5.41, 5.74) is 0. The Labute approximate surface area is 105 Å². The van der Waals surface area contributed by atoms with Gasteiger partial charge in [0.1, 0.15) is 0 Å². The Bertz CT molecular complexity index is 501. The lowest BCUT2D eigenvalue weighted by Gasteiger charge is -2.07. The molecular formula is C11H15NO5S. The molecule has 18 heavy (non-hydrogen) atoms. The maximum absolute atomic E-state index is 11.8. The predicted octanol–water partition coefficient (Wildman–Crippen LogP) is 0.797. The second kappa shape index (κ2) is 5.64. The van der Waals surface area contributed by atoms with Crippen molar-refractivity contribution in [1.82, 2.24) is 4.72 Å². The number of hydrogen-bond donors (Lipinski definition) is 1. The van der Waals surface area contributed by atoms with Crippen molar-refractivity contribution in [2.45, 2.75) is 17.9 Å². The van der Waals surface area contributed by atoms with Gasteiger partial charge in [-0.2, -0.15) is 0 Å². The molecule has 7 heteroatoms. The first-order valence-corrected chi connectivity index (χ1v) is 7.22. The average Bonchev–Trinajstić information content (AvgIpc) is 2.99. The van der Waals surface area contributed by atoms with Crippen molar-refractivity contribution in [3.8, 4) is 0 Å². The van der Waals surface area contributed by atoms with Crippen LogP contribution in [0, 0.1) is 5.92 Å². The van der Waals surface area contributed by atoms with E-state index in [1.165, 1.54) is 12.1 Å². The highest BCUT2D eigenvalue weighted by Crippen LogP contribution is 2.16. The summed E-state index contributed by atoms with van der Waals surface area (Å²) in [6.07, 6.45) is 2.17. The van der Waals surface area contributed by atoms with Crippen LogP contribution in [-0.4, -0.2) is 34.5 Å². The molecule has 0 saturated carbocycles. The van der Waals surface area contributed by atoms with E-state index in [1.54, 1.807) is 0 Å². The Morgan fingerprint density at radius 3 is 2.89 bits per heavy atom. The SMILES string of the molecule is O=Cc1ccc(S(=O)(=O)NCCC2CCOC2)o1. The third kappa shape index (κ3) is 3.18. The van der Waals surface area contributed by atoms with Crippen LogP contribution in [0.4, 0.5) is 0 Å². The van der Waals surface area contributed by atoms with Crippen LogP contribution in [0.25, 0.3) is 0 Å². The molecule has 2 heterocycles. The number of sulfonamides is 1. The summed E-state index contributed by atoms with van der Waals surface area (Å²) in [5, 5.41) is -0.229. The lowest BCUT2D eigenvalue weighted by Crippen LogP contribution is -2.26. The molecule has 1 N–H and O–H groups in total. The minimum Gasteiger partial charge on any atom is -0.440 e. The summed E-state index contributed by atoms with van der Waals surface area (Å²) >= 11 is 0. The van der Waals surface area contributed by atoms with Crippen molar-refractivity contribution in [2.24, 2.45) is 5.92 Å². The van der Waals surface area contributed by atoms with E-state index >= 15 is 0 Å². The van der Waals surface area contributed by atoms with Crippen LogP contribution >= 0.6 is 0 Å². The monoisotopic (exact) mass is 273 g/mol. The second-order valence-electron chi connectivity index (χ2n) is 4.19. The molecule has 1 aromatic rings. The van der Waals surface area contributed by atoms with Gasteiger partial charge < -0.3 is 9.15 Å². The van der Waals surface area contributed by atoms with Crippen molar-refractivity contribution >= 4 is 16.3 Å². The van der Waals surface area contributed by atoms with Crippen molar-refractivity contribution < 1.29 is 22.4 Å². The fraction of sp³-hybridized carbons (Fsp3) is 0.545. The first kappa shape index (κ1) is 13.3. The van der Waals surface area contributed by atoms with Gasteiger partial charge in [-0.1, -0.05) is 0 Å². The summed E-state index contributed by atoms with van der Waals surface area (Å²) in [5.74, 6) is 0.411. The van der Waals surface area contributed by atoms with Gasteiger partial charge in [-0.15, -0.1) is 0 Å². The smallest absolute Gasteiger partial charge is 0.273 e. The molecule has 0 amide bonds. The minimum atomic E-state index is -3.66. The van der Waals surface area contributed by atoms with E-state index in [0.29, 0.717) is 25.4 Å². The quantitative estimate of drug-likeness (QED) is 0.775. The Morgan fingerprint density at radius 1 is 1.44 bits per heavy atom. The van der Waals surface area contributed by atoms with Crippen LogP contribution in [-0.2, 0) is 14.8 Å². The highest BCUT2D eigenvalue weighted by Gasteiger charge is 2.20. The largest absolute Gasteiger partial charge is 0.440 e. The maximum Gasteiger partial charge on any atom is 0.273 e. The third-order valence-corrected chi connectivity index (χ3v) is 4.19. The van der Waals surface area contributed by atoms with Gasteiger partial charge in [0, 0.05) is 19.8 Å². The van der Waals surface area contributed by atoms with E-state index in [1.807, 2.05) is 0 Å². The Hall–Kier alpha value is -1.18. The number of nitrogens with one attached hydrogen (secondary N) is 1. The lowest BCUT2D eigenvalue weighted by atomic mass is 10.1. The van der Waals surface area contributed by atoms with Gasteiger partial charge >= 0.3 is 0 Å². The lowest BCUT2D eigenvalue weighted by molar-refractivity contribution is 0.109. The molecule has 0 spiro atoms. The summed E-state index contributed by atoms with van der Waals surface area (Å²) in [6.45, 7) is 1.78. The van der Waals surface area contributed by atoms with Gasteiger partial charge in [0.25, 0.3) is 10.0 Å². The van der Waals surface area contributed by atoms with Gasteiger partial charge in [-0.3, -0.25) is 4.79 Å². The number of rotatable bonds is 6. The summed E-state index contributed by atoms with van der Waals surface area (Å²) in [4.78, 5) is 10.4. The van der Waals surface area contributed by atoms with Gasteiger partial charge in [0.05, 0.1) is 0 Å². The van der Waals surface area contributed by atoms with E-state index in [9.17, 15) is 13.2 Å². The Balaban J connectivity index is 1.88. The number of carbonyl (C=O) groups is 1. The maximum atomic E-state index is 11.8. The van der Waals surface area contributed by atoms with Gasteiger partial charge in [-0.05, 0) is 30.9 Å². The fourth-order valence-electron chi connectivity index (χ4n) is 1.82. The summed E-state index contributed by atoms with van der Waals surface area (Å²) in [7, 11) is -3.66. The molecule has 2 rings (SSSR count). The molecule has 1 fully saturated rings. The first-order valence-electron chi connectivity index (χ1n) is 5.74. The number of furan rings is 1. The number of ether oxygens (including phenoxy) is 1. The molecule has 0 bridgehead atoms. The molecule has 1 unspecified atom stereocenters. The molecule has 1 atom stereocenters. The van der Waals surface area contributed by atoms with Gasteiger partial charge in [0.2, 0.25) is 5.09 Å². The number of aldehydes is 1. The predicted molar refractivity (Wildman–Crippen MR) is 62.8 cm³/mol. The van der Waals surface area contributed by atoms with Crippen molar-refractivity contribution in [3.05, 3.63) is 17.9 Å². The highest BCUT2D eigenvalue weighted by molar-refractivity contribution is 7.89. The second-order valence-corrected chi connectivity index (χ2v) is 5.89. The van der Waals surface area contributed by atoms with Crippen LogP contribution < -0.4 is 4.72 Å². The molecule has 0 aliphatic carbocycles. The Kier molecular flexibility index (Phi) is 4.15. The van der Waals surface area contributed by atoms with Crippen LogP contribution in [0.15, 0.2) is 21.6 Å². The molecule has 0 aromatic carbocycles. The average molecular weight is 273 g/mol. The first-order chi connectivity index (χ1) is 8.62. The fourth-order valence-corrected chi connectivity index (χ4v) is 2.80. The van der Waals surface area contributed by atoms with E-state index < -0.39 is 10.0 Å². The zero-order chi connectivity index (χ0) is 13.0. The van der Waals surface area contributed by atoms with Crippen LogP contribution in [0.3, 0.4) is 0 Å². The normalized spacial score (nSPS) is 20.1. The minimum absolute atomic E-state index is 0.000400. The molecule has 1 saturated heterocycles. The zero-order valence-corrected chi connectivity index (χ0v) is 10.6. The molecule has 100 valence electrons. The standard InChI is InChI=1S/C11H15NO5S/c13-7-10-1-2-11(17-10)18(14,15)12-5-3-9-4-6-16-8-9/h1-2,7,9,12H,3-6,8H2. The molecule has 1 aromatic heterocycles. The summed E-state index contributed by atoms with van der Waals surface area (Å²) in [6, 6.07) is 2.59. The molecule has 0 radical (unpaired) electrons. The van der Waals surface area contributed by atoms with Gasteiger partial charge in [-0.25, -0.2) is 13.1 Å². The molecule has 6 nitrogen and oxygen atoms in total. The van der Waals surface area contributed by atoms with Crippen molar-refractivity contribution in [1.29, 1.82) is 0 Å². The van der Waals surface area contributed by atoms with Crippen molar-refractivity contribution in [2.75, 3.05) is 19.8 Å². The Morgan fingerprint density at radius 2 is 2.28 bits per heavy atom. The van der Waals surface area contributed by atoms with Crippen molar-refractivity contribution in [3.63, 3.8) is 0 Å². The van der Waals surface area contributed by atoms with E-state index in [-0.39, 0.29) is 10.9 Å². The molecule has 1 aliphatic heterocycles. The molecule has 1 aliphatic rings. The third-order valence-electron chi connectivity index (χ3n) is 2.85. The highest BCUT2D eigenvalue weighted by atomic mass is 32.2. The number of hydrogen-bond acceptors (Lipinski definition) is 5. The van der Waals surface area contributed by atoms with E-state index in [0.717, 1.165) is 19.4 Å². The van der Waals surface area contributed by atoms with Crippen LogP contribution in [0.2, 0.25) is 0 Å². The van der Waals surface area contributed by atoms with E-state index in [4.69, 9.17) is 9.15 Å². The zero-order valence-electron chi connectivity index (χ0n) is 9.79. The number of carbonyl (C=O) groups excluding carboxylic acids is 1. The summed E-state index contributed by atoms with van der Waals surface area (Å²) < 4.78 is 36.1. The van der Waals surface area contributed by atoms with Gasteiger partial charge in [0.15, 0.2) is 12.0 Å². The van der Waals surface area contributed by atoms with E-state index in [2.05, 4.69) is 4.72 Å². The molecular weight excluding hydrogens is 258 g/mol. The van der Waals surface area contributed by atoms with Crippen LogP contribution in [0.5, 0.6) is 0 Å². The van der Waals surface area contributed by atoms with Crippen LogP contribution in [0.1, 0.15) is 23.4 Å². The topological polar surface area (TPSA) is 85.6 Å².